The molecule has 0 atom stereocenters. The van der Waals surface area contributed by atoms with Gasteiger partial charge in [-0.25, -0.2) is 0 Å². The van der Waals surface area contributed by atoms with Crippen molar-refractivity contribution in [3.05, 3.63) is 24.3 Å². The van der Waals surface area contributed by atoms with Crippen LogP contribution >= 0.6 is 0 Å². The smallest absolute Gasteiger partial charge is 0.315 e. The van der Waals surface area contributed by atoms with Gasteiger partial charge in [-0.05, 0) is 12.1 Å². The van der Waals surface area contributed by atoms with Gasteiger partial charge >= 0.3 is 6.43 Å². The molecule has 2 N–H and O–H groups in total. The Morgan fingerprint density at radius 2 is 2.00 bits per heavy atom. The third-order valence-electron chi connectivity index (χ3n) is 1.36. The summed E-state index contributed by atoms with van der Waals surface area (Å²) in [5.74, 6) is -1.67. The molecule has 1 rings (SSSR count). The van der Waals surface area contributed by atoms with Crippen LogP contribution in [-0.4, -0.2) is 17.4 Å². The average molecular weight is 187 g/mol. The molecule has 5 heteroatoms. The Balaban J connectivity index is 2.75. The molecular weight excluding hydrogens is 180 g/mol. The van der Waals surface area contributed by atoms with E-state index in [4.69, 9.17) is 5.11 Å². The first-order chi connectivity index (χ1) is 6.11. The first-order valence-corrected chi connectivity index (χ1v) is 3.48. The van der Waals surface area contributed by atoms with Crippen molar-refractivity contribution in [3.63, 3.8) is 0 Å². The molecule has 0 saturated heterocycles. The fraction of sp³-hybridized carbons (Fsp3) is 0.125. The molecule has 13 heavy (non-hydrogen) atoms. The van der Waals surface area contributed by atoms with Crippen LogP contribution in [0.2, 0.25) is 0 Å². The third kappa shape index (κ3) is 2.40. The van der Waals surface area contributed by atoms with Crippen molar-refractivity contribution in [1.29, 1.82) is 0 Å². The van der Waals surface area contributed by atoms with Crippen LogP contribution in [0.25, 0.3) is 0 Å². The molecule has 0 spiro atoms. The molecule has 70 valence electrons. The predicted octanol–water partition coefficient (Wildman–Crippen LogP) is 1.60. The Bertz CT molecular complexity index is 315. The molecule has 0 aliphatic heterocycles. The normalized spacial score (nSPS) is 10.1. The number of benzene rings is 1. The highest BCUT2D eigenvalue weighted by Crippen LogP contribution is 2.21. The number of anilines is 1. The van der Waals surface area contributed by atoms with E-state index in [0.717, 1.165) is 0 Å². The van der Waals surface area contributed by atoms with E-state index in [1.807, 2.05) is 5.32 Å². The van der Waals surface area contributed by atoms with E-state index < -0.39 is 12.3 Å². The number of nitrogens with one attached hydrogen (secondary N) is 1. The fourth-order valence-electron chi connectivity index (χ4n) is 0.767. The number of aromatic hydroxyl groups is 1. The predicted molar refractivity (Wildman–Crippen MR) is 42.7 cm³/mol. The van der Waals surface area contributed by atoms with Gasteiger partial charge in [-0.15, -0.1) is 0 Å². The van der Waals surface area contributed by atoms with Crippen LogP contribution in [0.5, 0.6) is 5.75 Å². The van der Waals surface area contributed by atoms with Crippen LogP contribution < -0.4 is 5.32 Å². The summed E-state index contributed by atoms with van der Waals surface area (Å²) in [4.78, 5) is 10.5. The van der Waals surface area contributed by atoms with Crippen molar-refractivity contribution < 1.29 is 18.7 Å². The lowest BCUT2D eigenvalue weighted by atomic mass is 10.3. The average Bonchev–Trinajstić information content (AvgIpc) is 2.08. The first-order valence-electron chi connectivity index (χ1n) is 3.48. The summed E-state index contributed by atoms with van der Waals surface area (Å²) in [5.41, 5.74) is -0.0206. The van der Waals surface area contributed by atoms with Crippen LogP contribution in [0.4, 0.5) is 14.5 Å². The van der Waals surface area contributed by atoms with Gasteiger partial charge in [0.1, 0.15) is 5.75 Å². The van der Waals surface area contributed by atoms with Gasteiger partial charge in [-0.3, -0.25) is 4.79 Å². The molecule has 0 aromatic heterocycles. The quantitative estimate of drug-likeness (QED) is 0.691. The van der Waals surface area contributed by atoms with Gasteiger partial charge in [0, 0.05) is 0 Å². The molecule has 1 aromatic carbocycles. The molecule has 0 unspecified atom stereocenters. The topological polar surface area (TPSA) is 49.3 Å². The molecule has 0 saturated carbocycles. The van der Waals surface area contributed by atoms with Gasteiger partial charge in [-0.2, -0.15) is 8.78 Å². The number of phenolic OH excluding ortho intramolecular Hbond substituents is 1. The van der Waals surface area contributed by atoms with Crippen molar-refractivity contribution in [2.75, 3.05) is 5.32 Å². The zero-order chi connectivity index (χ0) is 9.84. The van der Waals surface area contributed by atoms with Crippen molar-refractivity contribution in [3.8, 4) is 5.75 Å². The molecule has 1 amide bonds. The second kappa shape index (κ2) is 3.84. The SMILES string of the molecule is O=C(Nc1ccccc1O)C(F)F. The number of amides is 1. The summed E-state index contributed by atoms with van der Waals surface area (Å²) in [7, 11) is 0. The second-order valence-electron chi connectivity index (χ2n) is 2.31. The first kappa shape index (κ1) is 9.44. The van der Waals surface area contributed by atoms with Gasteiger partial charge in [0.15, 0.2) is 0 Å². The second-order valence-corrected chi connectivity index (χ2v) is 2.31. The lowest BCUT2D eigenvalue weighted by molar-refractivity contribution is -0.126. The van der Waals surface area contributed by atoms with Crippen molar-refractivity contribution in [2.45, 2.75) is 6.43 Å². The van der Waals surface area contributed by atoms with Crippen LogP contribution in [-0.2, 0) is 4.79 Å². The number of hydrogen-bond acceptors (Lipinski definition) is 2. The Morgan fingerprint density at radius 1 is 1.38 bits per heavy atom. The van der Waals surface area contributed by atoms with Gasteiger partial charge in [0.2, 0.25) is 0 Å². The number of carbonyl (C=O) groups excluding carboxylic acids is 1. The summed E-state index contributed by atoms with van der Waals surface area (Å²) < 4.78 is 23.5. The van der Waals surface area contributed by atoms with Crippen LogP contribution in [0.1, 0.15) is 0 Å². The van der Waals surface area contributed by atoms with Crippen molar-refractivity contribution in [2.24, 2.45) is 0 Å². The van der Waals surface area contributed by atoms with Crippen molar-refractivity contribution >= 4 is 11.6 Å². The third-order valence-corrected chi connectivity index (χ3v) is 1.36. The summed E-state index contributed by atoms with van der Waals surface area (Å²) in [6.45, 7) is 0. The zero-order valence-corrected chi connectivity index (χ0v) is 6.50. The lowest BCUT2D eigenvalue weighted by Crippen LogP contribution is -2.19. The van der Waals surface area contributed by atoms with E-state index >= 15 is 0 Å². The maximum absolute atomic E-state index is 11.8. The summed E-state index contributed by atoms with van der Waals surface area (Å²) >= 11 is 0. The van der Waals surface area contributed by atoms with E-state index in [0.29, 0.717) is 0 Å². The molecule has 1 aromatic rings. The summed E-state index contributed by atoms with van der Waals surface area (Å²) in [6, 6.07) is 5.66. The van der Waals surface area contributed by atoms with E-state index in [1.54, 1.807) is 0 Å². The highest BCUT2D eigenvalue weighted by molar-refractivity contribution is 5.94. The van der Waals surface area contributed by atoms with Gasteiger partial charge in [0.05, 0.1) is 5.69 Å². The monoisotopic (exact) mass is 187 g/mol. The van der Waals surface area contributed by atoms with Crippen molar-refractivity contribution in [1.82, 2.24) is 0 Å². The number of alkyl halides is 2. The Hall–Kier alpha value is -1.65. The zero-order valence-electron chi connectivity index (χ0n) is 6.50. The standard InChI is InChI=1S/C8H7F2NO2/c9-7(10)8(13)11-5-3-1-2-4-6(5)12/h1-4,7,12H,(H,11,13). The molecule has 3 nitrogen and oxygen atoms in total. The number of rotatable bonds is 2. The highest BCUT2D eigenvalue weighted by atomic mass is 19.3. The highest BCUT2D eigenvalue weighted by Gasteiger charge is 2.15. The molecule has 0 aliphatic rings. The number of para-hydroxylation sites is 2. The molecule has 0 heterocycles. The molecular formula is C8H7F2NO2. The Morgan fingerprint density at radius 3 is 2.54 bits per heavy atom. The molecule has 0 fully saturated rings. The van der Waals surface area contributed by atoms with Crippen LogP contribution in [0, 0.1) is 0 Å². The summed E-state index contributed by atoms with van der Waals surface area (Å²) in [5, 5.41) is 11.0. The van der Waals surface area contributed by atoms with Gasteiger partial charge in [0.25, 0.3) is 5.91 Å². The molecule has 0 bridgehead atoms. The fourth-order valence-corrected chi connectivity index (χ4v) is 0.767. The van der Waals surface area contributed by atoms with E-state index in [9.17, 15) is 13.6 Å². The van der Waals surface area contributed by atoms with Gasteiger partial charge in [-0.1, -0.05) is 12.1 Å². The minimum atomic E-state index is -3.08. The lowest BCUT2D eigenvalue weighted by Gasteiger charge is -2.05. The molecule has 0 aliphatic carbocycles. The minimum Gasteiger partial charge on any atom is -0.506 e. The number of hydrogen-bond donors (Lipinski definition) is 2. The maximum atomic E-state index is 11.8. The van der Waals surface area contributed by atoms with E-state index in [2.05, 4.69) is 0 Å². The maximum Gasteiger partial charge on any atom is 0.315 e. The molecule has 0 radical (unpaired) electrons. The number of carbonyl (C=O) groups is 1. The van der Waals surface area contributed by atoms with Crippen LogP contribution in [0.15, 0.2) is 24.3 Å². The number of phenols is 1. The summed E-state index contributed by atoms with van der Waals surface area (Å²) in [6.07, 6.45) is -3.08. The van der Waals surface area contributed by atoms with Crippen LogP contribution in [0.3, 0.4) is 0 Å². The van der Waals surface area contributed by atoms with Gasteiger partial charge < -0.3 is 10.4 Å². The largest absolute Gasteiger partial charge is 0.506 e. The van der Waals surface area contributed by atoms with E-state index in [1.165, 1.54) is 24.3 Å². The Kier molecular flexibility index (Phi) is 2.79. The minimum absolute atomic E-state index is 0.0206. The van der Waals surface area contributed by atoms with E-state index in [-0.39, 0.29) is 11.4 Å². The Labute approximate surface area is 73.0 Å². The number of halogens is 2.